The molecule has 0 aromatic heterocycles. The molecular weight excluding hydrogens is 306 g/mol. The smallest absolute Gasteiger partial charge is 0.0540 e. The molecule has 2 heterocycles. The minimum atomic E-state index is 0.298. The highest BCUT2D eigenvalue weighted by Gasteiger charge is 2.43. The van der Waals surface area contributed by atoms with Crippen molar-refractivity contribution in [3.8, 4) is 0 Å². The van der Waals surface area contributed by atoms with Crippen LogP contribution in [0.5, 0.6) is 0 Å². The zero-order valence-corrected chi connectivity index (χ0v) is 18.9. The van der Waals surface area contributed by atoms with Crippen molar-refractivity contribution in [2.45, 2.75) is 105 Å². The molecule has 0 radical (unpaired) electrons. The van der Waals surface area contributed by atoms with E-state index < -0.39 is 0 Å². The lowest BCUT2D eigenvalue weighted by Crippen LogP contribution is -2.67. The summed E-state index contributed by atoms with van der Waals surface area (Å²) < 4.78 is 0. The SMILES string of the molecule is CC(C)(CCC(C)(C)N1CN(C(C)(C)C)C1)C1CCN(C(C)(C)C)C1. The van der Waals surface area contributed by atoms with Crippen LogP contribution in [0.4, 0.5) is 0 Å². The lowest BCUT2D eigenvalue weighted by Gasteiger charge is -2.56. The number of hydrogen-bond acceptors (Lipinski definition) is 3. The third-order valence-electron chi connectivity index (χ3n) is 7.11. The van der Waals surface area contributed by atoms with Gasteiger partial charge in [0.15, 0.2) is 0 Å². The maximum atomic E-state index is 2.68. The summed E-state index contributed by atoms with van der Waals surface area (Å²) >= 11 is 0. The molecule has 1 atom stereocenters. The van der Waals surface area contributed by atoms with Gasteiger partial charge in [0.05, 0.1) is 13.3 Å². The molecule has 2 aliphatic rings. The van der Waals surface area contributed by atoms with Gasteiger partial charge in [-0.3, -0.25) is 14.7 Å². The zero-order valence-electron chi connectivity index (χ0n) is 18.9. The Morgan fingerprint density at radius 3 is 1.64 bits per heavy atom. The molecule has 3 heteroatoms. The van der Waals surface area contributed by atoms with Gasteiger partial charge in [-0.15, -0.1) is 0 Å². The Bertz CT molecular complexity index is 447. The van der Waals surface area contributed by atoms with Gasteiger partial charge in [0.1, 0.15) is 0 Å². The Labute approximate surface area is 158 Å². The Morgan fingerprint density at radius 1 is 0.680 bits per heavy atom. The standard InChI is InChI=1S/C22H45N3/c1-19(2,3)23-14-11-18(15-23)21(7,8)12-13-22(9,10)25-16-24(17-25)20(4,5)6/h18H,11-17H2,1-10H3. The van der Waals surface area contributed by atoms with Crippen LogP contribution in [-0.2, 0) is 0 Å². The van der Waals surface area contributed by atoms with E-state index in [1.54, 1.807) is 0 Å². The van der Waals surface area contributed by atoms with Crippen LogP contribution in [0.15, 0.2) is 0 Å². The van der Waals surface area contributed by atoms with Crippen molar-refractivity contribution < 1.29 is 0 Å². The first-order chi connectivity index (χ1) is 11.1. The summed E-state index contributed by atoms with van der Waals surface area (Å²) in [5.41, 5.74) is 1.36. The molecule has 148 valence electrons. The minimum absolute atomic E-state index is 0.298. The molecule has 0 amide bonds. The van der Waals surface area contributed by atoms with Gasteiger partial charge in [-0.05, 0) is 92.5 Å². The van der Waals surface area contributed by atoms with Crippen LogP contribution in [0.2, 0.25) is 0 Å². The number of nitrogens with zero attached hydrogens (tertiary/aromatic N) is 3. The Balaban J connectivity index is 1.85. The van der Waals surface area contributed by atoms with Crippen LogP contribution >= 0.6 is 0 Å². The summed E-state index contributed by atoms with van der Waals surface area (Å²) in [7, 11) is 0. The van der Waals surface area contributed by atoms with Crippen LogP contribution in [0, 0.1) is 11.3 Å². The second-order valence-electron chi connectivity index (χ2n) is 11.9. The van der Waals surface area contributed by atoms with E-state index in [1.165, 1.54) is 32.4 Å². The van der Waals surface area contributed by atoms with Crippen LogP contribution in [-0.4, -0.2) is 57.7 Å². The van der Waals surface area contributed by atoms with Crippen molar-refractivity contribution in [3.05, 3.63) is 0 Å². The fraction of sp³-hybridized carbons (Fsp3) is 1.00. The van der Waals surface area contributed by atoms with Gasteiger partial charge in [-0.1, -0.05) is 13.8 Å². The lowest BCUT2D eigenvalue weighted by molar-refractivity contribution is -0.137. The van der Waals surface area contributed by atoms with E-state index in [0.717, 1.165) is 19.3 Å². The summed E-state index contributed by atoms with van der Waals surface area (Å²) in [6, 6.07) is 0. The third-order valence-corrected chi connectivity index (χ3v) is 7.11. The van der Waals surface area contributed by atoms with Gasteiger partial charge in [-0.2, -0.15) is 0 Å². The van der Waals surface area contributed by atoms with Gasteiger partial charge in [-0.25, -0.2) is 0 Å². The Hall–Kier alpha value is -0.120. The molecule has 0 bridgehead atoms. The molecule has 2 saturated heterocycles. The predicted molar refractivity (Wildman–Crippen MR) is 110 cm³/mol. The van der Waals surface area contributed by atoms with Gasteiger partial charge < -0.3 is 0 Å². The van der Waals surface area contributed by atoms with E-state index >= 15 is 0 Å². The van der Waals surface area contributed by atoms with E-state index in [4.69, 9.17) is 0 Å². The molecule has 1 unspecified atom stereocenters. The fourth-order valence-corrected chi connectivity index (χ4v) is 4.18. The minimum Gasteiger partial charge on any atom is -0.298 e. The van der Waals surface area contributed by atoms with Crippen LogP contribution < -0.4 is 0 Å². The molecule has 0 aromatic carbocycles. The molecule has 0 saturated carbocycles. The summed E-state index contributed by atoms with van der Waals surface area (Å²) in [5.74, 6) is 0.838. The Morgan fingerprint density at radius 2 is 1.20 bits per heavy atom. The number of rotatable bonds is 5. The molecule has 0 N–H and O–H groups in total. The largest absolute Gasteiger partial charge is 0.298 e. The molecule has 2 fully saturated rings. The van der Waals surface area contributed by atoms with E-state index in [9.17, 15) is 0 Å². The summed E-state index contributed by atoms with van der Waals surface area (Å²) in [6.45, 7) is 28.7. The van der Waals surface area contributed by atoms with E-state index in [1.807, 2.05) is 0 Å². The average molecular weight is 352 g/mol. The van der Waals surface area contributed by atoms with Crippen molar-refractivity contribution in [2.24, 2.45) is 11.3 Å². The predicted octanol–water partition coefficient (Wildman–Crippen LogP) is 5.02. The first kappa shape index (κ1) is 21.2. The van der Waals surface area contributed by atoms with Crippen molar-refractivity contribution in [1.29, 1.82) is 0 Å². The number of likely N-dealkylation sites (tertiary alicyclic amines) is 1. The summed E-state index contributed by atoms with van der Waals surface area (Å²) in [4.78, 5) is 7.91. The highest BCUT2D eigenvalue weighted by atomic mass is 15.5. The van der Waals surface area contributed by atoms with Crippen molar-refractivity contribution in [2.75, 3.05) is 26.4 Å². The zero-order chi connectivity index (χ0) is 19.3. The van der Waals surface area contributed by atoms with Gasteiger partial charge >= 0.3 is 0 Å². The molecule has 3 nitrogen and oxygen atoms in total. The molecule has 0 spiro atoms. The summed E-state index contributed by atoms with van der Waals surface area (Å²) in [5, 5.41) is 0. The normalized spacial score (nSPS) is 25.4. The molecule has 0 aromatic rings. The van der Waals surface area contributed by atoms with Crippen molar-refractivity contribution >= 4 is 0 Å². The topological polar surface area (TPSA) is 9.72 Å². The first-order valence-electron chi connectivity index (χ1n) is 10.4. The van der Waals surface area contributed by atoms with Crippen LogP contribution in [0.1, 0.15) is 88.5 Å². The van der Waals surface area contributed by atoms with Crippen LogP contribution in [0.25, 0.3) is 0 Å². The van der Waals surface area contributed by atoms with Crippen molar-refractivity contribution in [3.63, 3.8) is 0 Å². The number of hydrogen-bond donors (Lipinski definition) is 0. The lowest BCUT2D eigenvalue weighted by atomic mass is 9.72. The second-order valence-corrected chi connectivity index (χ2v) is 11.9. The Kier molecular flexibility index (Phi) is 5.76. The summed E-state index contributed by atoms with van der Waals surface area (Å²) in [6.07, 6.45) is 3.99. The maximum Gasteiger partial charge on any atom is 0.0540 e. The van der Waals surface area contributed by atoms with Gasteiger partial charge in [0.2, 0.25) is 0 Å². The van der Waals surface area contributed by atoms with E-state index in [2.05, 4.69) is 83.9 Å². The third kappa shape index (κ3) is 4.99. The quantitative estimate of drug-likeness (QED) is 0.688. The molecule has 2 rings (SSSR count). The fourth-order valence-electron chi connectivity index (χ4n) is 4.18. The second kappa shape index (κ2) is 6.80. The van der Waals surface area contributed by atoms with Crippen LogP contribution in [0.3, 0.4) is 0 Å². The highest BCUT2D eigenvalue weighted by Crippen LogP contribution is 2.42. The monoisotopic (exact) mass is 351 g/mol. The molecule has 2 aliphatic heterocycles. The average Bonchev–Trinajstić information content (AvgIpc) is 2.82. The van der Waals surface area contributed by atoms with Gasteiger partial charge in [0, 0.05) is 23.2 Å². The van der Waals surface area contributed by atoms with E-state index in [0.29, 0.717) is 22.0 Å². The highest BCUT2D eigenvalue weighted by molar-refractivity contribution is 4.95. The maximum absolute atomic E-state index is 2.68. The molecule has 0 aliphatic carbocycles. The molecule has 25 heavy (non-hydrogen) atoms. The first-order valence-corrected chi connectivity index (χ1v) is 10.4. The molecular formula is C22H45N3. The van der Waals surface area contributed by atoms with E-state index in [-0.39, 0.29) is 0 Å². The van der Waals surface area contributed by atoms with Gasteiger partial charge in [0.25, 0.3) is 0 Å². The van der Waals surface area contributed by atoms with Crippen molar-refractivity contribution in [1.82, 2.24) is 14.7 Å².